The van der Waals surface area contributed by atoms with Gasteiger partial charge in [-0.3, -0.25) is 0 Å². The molecule has 2 aliphatic carbocycles. The normalized spacial score (nSPS) is 19.8. The summed E-state index contributed by atoms with van der Waals surface area (Å²) in [7, 11) is 0. The molecule has 2 aliphatic rings. The van der Waals surface area contributed by atoms with Gasteiger partial charge in [0.25, 0.3) is 0 Å². The van der Waals surface area contributed by atoms with Gasteiger partial charge in [0.1, 0.15) is 0 Å². The number of hydrogen-bond donors (Lipinski definition) is 0. The highest BCUT2D eigenvalue weighted by molar-refractivity contribution is 5.40. The summed E-state index contributed by atoms with van der Waals surface area (Å²) in [6, 6.07) is 0. The topological polar surface area (TPSA) is 0 Å². The molecule has 0 nitrogen and oxygen atoms in total. The average Bonchev–Trinajstić information content (AvgIpc) is 2.21. The van der Waals surface area contributed by atoms with Gasteiger partial charge in [0.05, 0.1) is 0 Å². The van der Waals surface area contributed by atoms with E-state index in [0.29, 0.717) is 0 Å². The van der Waals surface area contributed by atoms with Crippen molar-refractivity contribution in [2.24, 2.45) is 0 Å². The van der Waals surface area contributed by atoms with E-state index in [1.165, 1.54) is 31.3 Å². The van der Waals surface area contributed by atoms with Crippen molar-refractivity contribution in [2.45, 2.75) is 39.5 Å². The number of allylic oxidation sites excluding steroid dienone is 6. The fourth-order valence-corrected chi connectivity index (χ4v) is 1.64. The van der Waals surface area contributed by atoms with Crippen LogP contribution in [0.3, 0.4) is 0 Å². The minimum absolute atomic E-state index is 1.26. The van der Waals surface area contributed by atoms with Crippen LogP contribution in [0.2, 0.25) is 0 Å². The van der Waals surface area contributed by atoms with E-state index < -0.39 is 0 Å². The summed E-state index contributed by atoms with van der Waals surface area (Å²) in [5, 5.41) is 0. The lowest BCUT2D eigenvalue weighted by atomic mass is 9.90. The van der Waals surface area contributed by atoms with E-state index in [2.05, 4.69) is 24.3 Å². The molecule has 0 aromatic carbocycles. The lowest BCUT2D eigenvalue weighted by Gasteiger charge is -2.15. The fourth-order valence-electron chi connectivity index (χ4n) is 1.64. The van der Waals surface area contributed by atoms with Crippen molar-refractivity contribution in [1.82, 2.24) is 0 Å². The third-order valence-corrected chi connectivity index (χ3v) is 2.23. The van der Waals surface area contributed by atoms with E-state index in [4.69, 9.17) is 0 Å². The Kier molecular flexibility index (Phi) is 3.86. The molecule has 0 heterocycles. The molecule has 0 unspecified atom stereocenters. The van der Waals surface area contributed by atoms with Gasteiger partial charge < -0.3 is 0 Å². The maximum atomic E-state index is 2.27. The van der Waals surface area contributed by atoms with Crippen LogP contribution in [0.4, 0.5) is 0 Å². The first-order valence-corrected chi connectivity index (χ1v) is 5.02. The highest BCUT2D eigenvalue weighted by atomic mass is 14.1. The standard InChI is InChI=1S/C10H12.C2H6/c1-2-6-10-8-4-3-7-9(10)5-1;1-2/h1,3,5,7H,2,4,6,8H2;1-2H3. The van der Waals surface area contributed by atoms with Crippen LogP contribution >= 0.6 is 0 Å². The Hall–Kier alpha value is -0.780. The monoisotopic (exact) mass is 162 g/mol. The van der Waals surface area contributed by atoms with Gasteiger partial charge in [-0.1, -0.05) is 43.7 Å². The molecule has 0 bridgehead atoms. The zero-order chi connectivity index (χ0) is 8.81. The van der Waals surface area contributed by atoms with Crippen LogP contribution < -0.4 is 0 Å². The molecule has 0 fully saturated rings. The highest BCUT2D eigenvalue weighted by Crippen LogP contribution is 2.27. The van der Waals surface area contributed by atoms with Gasteiger partial charge in [-0.05, 0) is 31.3 Å². The third-order valence-electron chi connectivity index (χ3n) is 2.23. The highest BCUT2D eigenvalue weighted by Gasteiger charge is 2.07. The SMILES string of the molecule is C1=CC2=C(CC1)CCC=C2.CC. The molecule has 66 valence electrons. The van der Waals surface area contributed by atoms with Crippen LogP contribution in [-0.2, 0) is 0 Å². The molecule has 0 saturated heterocycles. The summed E-state index contributed by atoms with van der Waals surface area (Å²) >= 11 is 0. The molecular weight excluding hydrogens is 144 g/mol. The first-order chi connectivity index (χ1) is 5.97. The quantitative estimate of drug-likeness (QED) is 0.505. The predicted molar refractivity (Wildman–Crippen MR) is 55.1 cm³/mol. The van der Waals surface area contributed by atoms with Crippen molar-refractivity contribution < 1.29 is 0 Å². The Bertz CT molecular complexity index is 194. The largest absolute Gasteiger partial charge is 0.0836 e. The Balaban J connectivity index is 0.000000336. The van der Waals surface area contributed by atoms with Crippen LogP contribution in [-0.4, -0.2) is 0 Å². The number of rotatable bonds is 0. The van der Waals surface area contributed by atoms with Gasteiger partial charge >= 0.3 is 0 Å². The molecule has 2 rings (SSSR count). The second-order valence-corrected chi connectivity index (χ2v) is 2.94. The molecule has 0 saturated carbocycles. The average molecular weight is 162 g/mol. The van der Waals surface area contributed by atoms with Gasteiger partial charge in [0.15, 0.2) is 0 Å². The molecule has 0 aliphatic heterocycles. The first-order valence-electron chi connectivity index (χ1n) is 5.02. The van der Waals surface area contributed by atoms with Crippen LogP contribution in [0, 0.1) is 0 Å². The zero-order valence-corrected chi connectivity index (χ0v) is 8.14. The molecule has 0 aromatic rings. The summed E-state index contributed by atoms with van der Waals surface area (Å²) in [4.78, 5) is 0. The van der Waals surface area contributed by atoms with Crippen LogP contribution in [0.1, 0.15) is 39.5 Å². The minimum Gasteiger partial charge on any atom is -0.0836 e. The van der Waals surface area contributed by atoms with Crippen molar-refractivity contribution >= 4 is 0 Å². The van der Waals surface area contributed by atoms with Gasteiger partial charge in [0.2, 0.25) is 0 Å². The molecule has 0 aromatic heterocycles. The molecule has 12 heavy (non-hydrogen) atoms. The number of hydrogen-bond acceptors (Lipinski definition) is 0. The van der Waals surface area contributed by atoms with Crippen molar-refractivity contribution in [3.63, 3.8) is 0 Å². The van der Waals surface area contributed by atoms with Gasteiger partial charge in [0, 0.05) is 0 Å². The van der Waals surface area contributed by atoms with Crippen molar-refractivity contribution in [2.75, 3.05) is 0 Å². The summed E-state index contributed by atoms with van der Waals surface area (Å²) in [6.07, 6.45) is 14.2. The van der Waals surface area contributed by atoms with Crippen LogP contribution in [0.25, 0.3) is 0 Å². The van der Waals surface area contributed by atoms with E-state index in [0.717, 1.165) is 0 Å². The van der Waals surface area contributed by atoms with Crippen molar-refractivity contribution in [3.8, 4) is 0 Å². The van der Waals surface area contributed by atoms with Gasteiger partial charge in [-0.2, -0.15) is 0 Å². The van der Waals surface area contributed by atoms with E-state index >= 15 is 0 Å². The Labute approximate surface area is 75.7 Å². The van der Waals surface area contributed by atoms with E-state index in [1.807, 2.05) is 13.8 Å². The smallest absolute Gasteiger partial charge is 0.0271 e. The molecule has 0 atom stereocenters. The lowest BCUT2D eigenvalue weighted by molar-refractivity contribution is 0.830. The Morgan fingerprint density at radius 1 is 0.917 bits per heavy atom. The maximum absolute atomic E-state index is 2.27. The zero-order valence-electron chi connectivity index (χ0n) is 8.14. The Morgan fingerprint density at radius 3 is 1.83 bits per heavy atom. The van der Waals surface area contributed by atoms with E-state index in [9.17, 15) is 0 Å². The third kappa shape index (κ3) is 2.10. The Morgan fingerprint density at radius 2 is 1.42 bits per heavy atom. The molecule has 0 amide bonds. The summed E-state index contributed by atoms with van der Waals surface area (Å²) in [5.74, 6) is 0. The van der Waals surface area contributed by atoms with Crippen molar-refractivity contribution in [3.05, 3.63) is 35.5 Å². The fraction of sp³-hybridized carbons (Fsp3) is 0.500. The second kappa shape index (κ2) is 4.97. The van der Waals surface area contributed by atoms with E-state index in [-0.39, 0.29) is 0 Å². The minimum atomic E-state index is 1.26. The van der Waals surface area contributed by atoms with E-state index in [1.54, 1.807) is 5.57 Å². The van der Waals surface area contributed by atoms with Gasteiger partial charge in [-0.25, -0.2) is 0 Å². The van der Waals surface area contributed by atoms with Crippen LogP contribution in [0.5, 0.6) is 0 Å². The molecule has 0 heteroatoms. The maximum Gasteiger partial charge on any atom is -0.0271 e. The molecule has 0 spiro atoms. The van der Waals surface area contributed by atoms with Gasteiger partial charge in [-0.15, -0.1) is 0 Å². The predicted octanol–water partition coefficient (Wildman–Crippen LogP) is 4.01. The molecular formula is C12H18. The second-order valence-electron chi connectivity index (χ2n) is 2.94. The molecule has 0 radical (unpaired) electrons. The van der Waals surface area contributed by atoms with Crippen molar-refractivity contribution in [1.29, 1.82) is 0 Å². The lowest BCUT2D eigenvalue weighted by Crippen LogP contribution is -1.96. The molecule has 0 N–H and O–H groups in total. The summed E-state index contributed by atoms with van der Waals surface area (Å²) in [6.45, 7) is 4.00. The summed E-state index contributed by atoms with van der Waals surface area (Å²) in [5.41, 5.74) is 3.16. The summed E-state index contributed by atoms with van der Waals surface area (Å²) < 4.78 is 0. The van der Waals surface area contributed by atoms with Crippen LogP contribution in [0.15, 0.2) is 35.5 Å². The first kappa shape index (κ1) is 9.31.